The average Bonchev–Trinajstić information content (AvgIpc) is 3.30. The maximum Gasteiger partial charge on any atom is 0.315 e. The summed E-state index contributed by atoms with van der Waals surface area (Å²) in [6, 6.07) is 9.38. The molecule has 1 unspecified atom stereocenters. The number of benzene rings is 1. The summed E-state index contributed by atoms with van der Waals surface area (Å²) in [4.78, 5) is 11.7. The van der Waals surface area contributed by atoms with Crippen LogP contribution in [0.4, 0.5) is 4.79 Å². The van der Waals surface area contributed by atoms with E-state index in [-0.39, 0.29) is 25.2 Å². The third-order valence-electron chi connectivity index (χ3n) is 3.51. The highest BCUT2D eigenvalue weighted by Gasteiger charge is 2.21. The van der Waals surface area contributed by atoms with E-state index in [1.165, 1.54) is 12.8 Å². The molecule has 21 heavy (non-hydrogen) atoms. The lowest BCUT2D eigenvalue weighted by molar-refractivity contribution is 0.0337. The Balaban J connectivity index is 1.59. The standard InChI is InChI=1S/C16H24N2O3/c1-12(14-5-3-2-4-6-14)18-16(20)17-9-15(19)11-21-10-13-7-8-13/h2-6,12-13,15,19H,7-11H2,1H3,(H2,17,18,20)/t12-,15?/m0/s1. The topological polar surface area (TPSA) is 70.6 Å². The van der Waals surface area contributed by atoms with Gasteiger partial charge in [-0.15, -0.1) is 0 Å². The maximum absolute atomic E-state index is 11.7. The molecule has 1 aromatic carbocycles. The SMILES string of the molecule is C[C@H](NC(=O)NCC(O)COCC1CC1)c1ccccc1. The van der Waals surface area contributed by atoms with Crippen LogP contribution in [0.15, 0.2) is 30.3 Å². The van der Waals surface area contributed by atoms with Crippen molar-refractivity contribution < 1.29 is 14.6 Å². The van der Waals surface area contributed by atoms with Crippen molar-refractivity contribution in [3.8, 4) is 0 Å². The van der Waals surface area contributed by atoms with E-state index < -0.39 is 6.10 Å². The smallest absolute Gasteiger partial charge is 0.315 e. The third-order valence-corrected chi connectivity index (χ3v) is 3.51. The summed E-state index contributed by atoms with van der Waals surface area (Å²) in [5.41, 5.74) is 1.04. The summed E-state index contributed by atoms with van der Waals surface area (Å²) in [5.74, 6) is 0.681. The first kappa shape index (κ1) is 15.8. The molecule has 1 aromatic rings. The zero-order chi connectivity index (χ0) is 15.1. The lowest BCUT2D eigenvalue weighted by Crippen LogP contribution is -2.41. The number of hydrogen-bond acceptors (Lipinski definition) is 3. The normalized spacial score (nSPS) is 17.0. The molecule has 3 N–H and O–H groups in total. The van der Waals surface area contributed by atoms with E-state index in [0.29, 0.717) is 12.5 Å². The van der Waals surface area contributed by atoms with E-state index in [0.717, 1.165) is 5.56 Å². The highest BCUT2D eigenvalue weighted by Crippen LogP contribution is 2.28. The molecule has 5 heteroatoms. The maximum atomic E-state index is 11.7. The fraction of sp³-hybridized carbons (Fsp3) is 0.562. The predicted molar refractivity (Wildman–Crippen MR) is 80.9 cm³/mol. The van der Waals surface area contributed by atoms with Crippen LogP contribution < -0.4 is 10.6 Å². The number of urea groups is 1. The first-order chi connectivity index (χ1) is 10.1. The second-order valence-corrected chi connectivity index (χ2v) is 5.62. The Bertz CT molecular complexity index is 434. The van der Waals surface area contributed by atoms with Crippen LogP contribution in [0.5, 0.6) is 0 Å². The van der Waals surface area contributed by atoms with E-state index >= 15 is 0 Å². The van der Waals surface area contributed by atoms with Gasteiger partial charge in [-0.05, 0) is 31.2 Å². The van der Waals surface area contributed by atoms with Crippen molar-refractivity contribution in [3.63, 3.8) is 0 Å². The monoisotopic (exact) mass is 292 g/mol. The molecule has 1 aliphatic carbocycles. The molecule has 2 rings (SSSR count). The number of carbonyl (C=O) groups excluding carboxylic acids is 1. The molecule has 0 saturated heterocycles. The van der Waals surface area contributed by atoms with Crippen molar-refractivity contribution in [2.24, 2.45) is 5.92 Å². The Morgan fingerprint density at radius 2 is 2.10 bits per heavy atom. The molecule has 1 aliphatic rings. The van der Waals surface area contributed by atoms with Gasteiger partial charge in [0.25, 0.3) is 0 Å². The molecule has 1 fully saturated rings. The molecule has 0 bridgehead atoms. The summed E-state index contributed by atoms with van der Waals surface area (Å²) in [7, 11) is 0. The fourth-order valence-electron chi connectivity index (χ4n) is 2.00. The van der Waals surface area contributed by atoms with Gasteiger partial charge in [0.15, 0.2) is 0 Å². The quantitative estimate of drug-likeness (QED) is 0.684. The number of nitrogens with one attached hydrogen (secondary N) is 2. The minimum Gasteiger partial charge on any atom is -0.389 e. The summed E-state index contributed by atoms with van der Waals surface area (Å²) in [6.45, 7) is 3.10. The molecular formula is C16H24N2O3. The first-order valence-corrected chi connectivity index (χ1v) is 7.50. The van der Waals surface area contributed by atoms with Gasteiger partial charge in [-0.2, -0.15) is 0 Å². The van der Waals surface area contributed by atoms with Crippen molar-refractivity contribution in [3.05, 3.63) is 35.9 Å². The molecule has 0 heterocycles. The largest absolute Gasteiger partial charge is 0.389 e. The van der Waals surface area contributed by atoms with Crippen molar-refractivity contribution in [1.82, 2.24) is 10.6 Å². The van der Waals surface area contributed by atoms with Crippen molar-refractivity contribution >= 4 is 6.03 Å². The van der Waals surface area contributed by atoms with Crippen LogP contribution >= 0.6 is 0 Å². The third kappa shape index (κ3) is 6.14. The van der Waals surface area contributed by atoms with Crippen molar-refractivity contribution in [1.29, 1.82) is 0 Å². The molecule has 2 atom stereocenters. The zero-order valence-corrected chi connectivity index (χ0v) is 12.4. The van der Waals surface area contributed by atoms with E-state index in [1.54, 1.807) is 0 Å². The second kappa shape index (κ2) is 8.00. The molecule has 0 spiro atoms. The Morgan fingerprint density at radius 1 is 1.38 bits per heavy atom. The molecule has 2 amide bonds. The lowest BCUT2D eigenvalue weighted by Gasteiger charge is -2.16. The van der Waals surface area contributed by atoms with E-state index in [4.69, 9.17) is 4.74 Å². The van der Waals surface area contributed by atoms with Crippen LogP contribution in [0.3, 0.4) is 0 Å². The number of rotatable bonds is 8. The minimum atomic E-state index is -0.665. The molecule has 1 saturated carbocycles. The van der Waals surface area contributed by atoms with Gasteiger partial charge in [0, 0.05) is 13.2 Å². The van der Waals surface area contributed by atoms with E-state index in [9.17, 15) is 9.90 Å². The molecule has 116 valence electrons. The number of ether oxygens (including phenoxy) is 1. The van der Waals surface area contributed by atoms with Gasteiger partial charge >= 0.3 is 6.03 Å². The second-order valence-electron chi connectivity index (χ2n) is 5.62. The Labute approximate surface area is 125 Å². The average molecular weight is 292 g/mol. The fourth-order valence-corrected chi connectivity index (χ4v) is 2.00. The molecule has 5 nitrogen and oxygen atoms in total. The van der Waals surface area contributed by atoms with Gasteiger partial charge < -0.3 is 20.5 Å². The van der Waals surface area contributed by atoms with Crippen LogP contribution in [-0.4, -0.2) is 37.0 Å². The zero-order valence-electron chi connectivity index (χ0n) is 12.4. The number of aliphatic hydroxyl groups is 1. The van der Waals surface area contributed by atoms with Crippen molar-refractivity contribution in [2.75, 3.05) is 19.8 Å². The van der Waals surface area contributed by atoms with Gasteiger partial charge in [-0.1, -0.05) is 30.3 Å². The highest BCUT2D eigenvalue weighted by atomic mass is 16.5. The number of aliphatic hydroxyl groups excluding tert-OH is 1. The molecule has 0 aliphatic heterocycles. The van der Waals surface area contributed by atoms with Gasteiger partial charge in [0.05, 0.1) is 18.8 Å². The van der Waals surface area contributed by atoms with Crippen LogP contribution in [0.1, 0.15) is 31.4 Å². The molecule has 0 radical (unpaired) electrons. The van der Waals surface area contributed by atoms with E-state index in [2.05, 4.69) is 10.6 Å². The summed E-state index contributed by atoms with van der Waals surface area (Å²) in [6.07, 6.45) is 1.80. The number of carbonyl (C=O) groups is 1. The minimum absolute atomic E-state index is 0.0746. The van der Waals surface area contributed by atoms with Crippen LogP contribution in [-0.2, 0) is 4.74 Å². The van der Waals surface area contributed by atoms with Gasteiger partial charge in [0.2, 0.25) is 0 Å². The number of amides is 2. The Kier molecular flexibility index (Phi) is 6.02. The van der Waals surface area contributed by atoms with Crippen LogP contribution in [0.2, 0.25) is 0 Å². The van der Waals surface area contributed by atoms with Gasteiger partial charge in [-0.25, -0.2) is 4.79 Å². The summed E-state index contributed by atoms with van der Waals surface area (Å²) in [5, 5.41) is 15.2. The van der Waals surface area contributed by atoms with Gasteiger partial charge in [0.1, 0.15) is 0 Å². The molecule has 0 aromatic heterocycles. The highest BCUT2D eigenvalue weighted by molar-refractivity contribution is 5.74. The summed E-state index contributed by atoms with van der Waals surface area (Å²) >= 11 is 0. The van der Waals surface area contributed by atoms with Crippen molar-refractivity contribution in [2.45, 2.75) is 31.9 Å². The van der Waals surface area contributed by atoms with Crippen LogP contribution in [0, 0.1) is 5.92 Å². The number of hydrogen-bond donors (Lipinski definition) is 3. The van der Waals surface area contributed by atoms with Crippen LogP contribution in [0.25, 0.3) is 0 Å². The van der Waals surface area contributed by atoms with Gasteiger partial charge in [-0.3, -0.25) is 0 Å². The summed E-state index contributed by atoms with van der Waals surface area (Å²) < 4.78 is 5.38. The first-order valence-electron chi connectivity index (χ1n) is 7.50. The van der Waals surface area contributed by atoms with E-state index in [1.807, 2.05) is 37.3 Å². The Hall–Kier alpha value is -1.59. The predicted octanol–water partition coefficient (Wildman–Crippen LogP) is 1.83. The molecular weight excluding hydrogens is 268 g/mol. The Morgan fingerprint density at radius 3 is 2.76 bits per heavy atom. The lowest BCUT2D eigenvalue weighted by atomic mass is 10.1.